The van der Waals surface area contributed by atoms with Crippen LogP contribution >= 0.6 is 113 Å². The number of thiophene rings is 10. The Morgan fingerprint density at radius 3 is 1.12 bits per heavy atom. The smallest absolute Gasteiger partial charge is 0.270 e. The van der Waals surface area contributed by atoms with Crippen molar-refractivity contribution in [1.82, 2.24) is 0 Å². The van der Waals surface area contributed by atoms with E-state index in [1.807, 2.05) is 68.8 Å². The van der Waals surface area contributed by atoms with Crippen LogP contribution in [0.25, 0.3) is 113 Å². The fourth-order valence-corrected chi connectivity index (χ4v) is 35.3. The van der Waals surface area contributed by atoms with E-state index in [4.69, 9.17) is 41.6 Å². The molecule has 10 aromatic heterocycles. The zero-order valence-electron chi connectivity index (χ0n) is 79.6. The summed E-state index contributed by atoms with van der Waals surface area (Å²) < 4.78 is 113. The molecule has 1 atom stereocenters. The van der Waals surface area contributed by atoms with Gasteiger partial charge in [0.15, 0.2) is 69.3 Å². The van der Waals surface area contributed by atoms with Crippen LogP contribution in [-0.2, 0) is 17.6 Å². The first-order chi connectivity index (χ1) is 66.4. The molecule has 1 unspecified atom stereocenters. The standard InChI is InChI=1S/C110H122F4N4O8S10/c1-11-15-19-23-27-31-35-39-43-47-51-109(52-48-44-40-36-32-28-24-20-16-12-2)85-95-79(61-81(129-95)97-91(123-9)103-101(133-97)89(121-7)77(127-103)59-69-83(75(63-115)117-5)65-55-71(111)73(113)57-67(65)87(69)119)131-99(85)105-93(125-109)107-108(135-105)94-106(136-107)100-86(110(126-94,53-49-45-41-37-33-29-25-21-17-13-3)54-50-46-42-38-34-30-26-22-18-14-4)96-80(132-100)62-82(130-96)98-92(124-10)104-102(134-98)90(122-8)78(128-104)60-70-84(76(64-116)118-6)66-56-72(112)74(114)58-68(66)88(70)120/h55-59,61-62,70H,11-54,60H2,1-4,7-10H3/b69-59-,83-75+,84-76-. The second kappa shape index (κ2) is 46.5. The zero-order chi connectivity index (χ0) is 95.3. The fourth-order valence-electron chi connectivity index (χ4n) is 21.0. The quantitative estimate of drug-likeness (QED) is 0.0119. The number of halogens is 4. The Balaban J connectivity index is 0.816. The zero-order valence-corrected chi connectivity index (χ0v) is 87.8. The number of rotatable bonds is 53. The molecule has 0 saturated carbocycles. The largest absolute Gasteiger partial charge is 0.494 e. The van der Waals surface area contributed by atoms with Crippen molar-refractivity contribution >= 4 is 189 Å². The summed E-state index contributed by atoms with van der Waals surface area (Å²) in [7, 11) is 6.56. The number of carbonyl (C=O) groups excluding carboxylic acids is 2. The number of nitriles is 2. The van der Waals surface area contributed by atoms with Gasteiger partial charge in [-0.15, -0.1) is 113 Å². The van der Waals surface area contributed by atoms with Crippen molar-refractivity contribution in [3.63, 3.8) is 0 Å². The number of ether oxygens (including phenoxy) is 6. The second-order valence-corrected chi connectivity index (χ2v) is 47.6. The van der Waals surface area contributed by atoms with Crippen LogP contribution in [0.4, 0.5) is 17.6 Å². The number of fused-ring (bicyclic) bond motifs is 17. The Labute approximate surface area is 838 Å². The average Bonchev–Trinajstić information content (AvgIpc) is 1.52. The highest BCUT2D eigenvalue weighted by Gasteiger charge is 2.51. The molecular formula is C110H122F4N4O8S10. The van der Waals surface area contributed by atoms with Gasteiger partial charge in [0, 0.05) is 53.6 Å². The third kappa shape index (κ3) is 20.4. The first-order valence-corrected chi connectivity index (χ1v) is 57.9. The van der Waals surface area contributed by atoms with Gasteiger partial charge in [0.1, 0.15) is 11.2 Å². The molecule has 2 aromatic carbocycles. The van der Waals surface area contributed by atoms with Gasteiger partial charge < -0.3 is 28.4 Å². The number of Topliss-reactive ketones (excluding diaryl/α,β-unsaturated/α-hetero) is 2. The molecule has 12 aromatic rings. The van der Waals surface area contributed by atoms with E-state index in [1.54, 1.807) is 68.5 Å². The van der Waals surface area contributed by atoms with E-state index in [2.05, 4.69) is 49.5 Å². The van der Waals surface area contributed by atoms with E-state index in [1.165, 1.54) is 278 Å². The summed E-state index contributed by atoms with van der Waals surface area (Å²) in [6.45, 7) is 25.0. The molecule has 2 aliphatic carbocycles. The maximum absolute atomic E-state index is 15.0. The van der Waals surface area contributed by atoms with Gasteiger partial charge in [-0.2, -0.15) is 0 Å². The van der Waals surface area contributed by atoms with Gasteiger partial charge >= 0.3 is 0 Å². The predicted octanol–water partition coefficient (Wildman–Crippen LogP) is 38.4. The number of allylic oxidation sites excluding steroid dienone is 5. The molecule has 0 bridgehead atoms. The molecule has 4 aliphatic rings. The van der Waals surface area contributed by atoms with E-state index in [0.29, 0.717) is 32.8 Å². The summed E-state index contributed by atoms with van der Waals surface area (Å²) in [5.41, 5.74) is 0.405. The van der Waals surface area contributed by atoms with Gasteiger partial charge in [-0.1, -0.05) is 259 Å². The van der Waals surface area contributed by atoms with Crippen LogP contribution in [0.15, 0.2) is 53.4 Å². The third-order valence-electron chi connectivity index (χ3n) is 28.0. The highest BCUT2D eigenvalue weighted by atomic mass is 32.1. The van der Waals surface area contributed by atoms with Crippen LogP contribution in [0.3, 0.4) is 0 Å². The van der Waals surface area contributed by atoms with Crippen molar-refractivity contribution < 1.29 is 55.6 Å². The van der Waals surface area contributed by atoms with Gasteiger partial charge in [-0.05, 0) is 117 Å². The molecule has 136 heavy (non-hydrogen) atoms. The number of hydrogen-bond donors (Lipinski definition) is 0. The predicted molar refractivity (Wildman–Crippen MR) is 566 cm³/mol. The highest BCUT2D eigenvalue weighted by molar-refractivity contribution is 7.39. The van der Waals surface area contributed by atoms with E-state index < -0.39 is 57.7 Å². The molecule has 0 saturated heterocycles. The number of unbranched alkanes of at least 4 members (excludes halogenated alkanes) is 36. The summed E-state index contributed by atoms with van der Waals surface area (Å²) in [5.74, 6) is -2.56. The Bertz CT molecular complexity index is 6570. The molecule has 0 spiro atoms. The first-order valence-electron chi connectivity index (χ1n) is 49.7. The lowest BCUT2D eigenvalue weighted by molar-refractivity contribution is 0.0421. The van der Waals surface area contributed by atoms with Gasteiger partial charge in [0.05, 0.1) is 135 Å². The summed E-state index contributed by atoms with van der Waals surface area (Å²) in [6.07, 6.45) is 53.8. The van der Waals surface area contributed by atoms with Crippen LogP contribution in [0.2, 0.25) is 0 Å². The average molecular weight is 2020 g/mol. The molecule has 12 heterocycles. The molecule has 26 heteroatoms. The third-order valence-corrected chi connectivity index (χ3v) is 40.9. The molecule has 0 fully saturated rings. The summed E-state index contributed by atoms with van der Waals surface area (Å²) in [6, 6.07) is 12.1. The summed E-state index contributed by atoms with van der Waals surface area (Å²) in [4.78, 5) is 45.8. The minimum Gasteiger partial charge on any atom is -0.494 e. The van der Waals surface area contributed by atoms with Gasteiger partial charge in [-0.25, -0.2) is 37.8 Å². The number of methoxy groups -OCH3 is 4. The molecule has 718 valence electrons. The topological polar surface area (TPSA) is 146 Å². The number of benzene rings is 2. The summed E-state index contributed by atoms with van der Waals surface area (Å²) >= 11 is 17.0. The van der Waals surface area contributed by atoms with E-state index >= 15 is 8.78 Å². The van der Waals surface area contributed by atoms with Crippen molar-refractivity contribution in [2.45, 2.75) is 328 Å². The van der Waals surface area contributed by atoms with Crippen LogP contribution in [0.5, 0.6) is 34.5 Å². The van der Waals surface area contributed by atoms with E-state index in [-0.39, 0.29) is 51.1 Å². The number of hydrogen-bond acceptors (Lipinski definition) is 20. The molecular weight excluding hydrogens is 1900 g/mol. The van der Waals surface area contributed by atoms with Crippen LogP contribution in [0.1, 0.15) is 363 Å². The van der Waals surface area contributed by atoms with Gasteiger partial charge in [0.2, 0.25) is 0 Å². The Morgan fingerprint density at radius 2 is 0.735 bits per heavy atom. The van der Waals surface area contributed by atoms with Crippen molar-refractivity contribution in [3.8, 4) is 85.7 Å². The number of nitrogens with zero attached hydrogens (tertiary/aromatic N) is 4. The number of ketones is 2. The monoisotopic (exact) mass is 2020 g/mol. The molecule has 16 rings (SSSR count). The first kappa shape index (κ1) is 101. The van der Waals surface area contributed by atoms with Gasteiger partial charge in [-0.3, -0.25) is 9.59 Å². The van der Waals surface area contributed by atoms with Crippen molar-refractivity contribution in [3.05, 3.63) is 143 Å². The Hall–Kier alpha value is -8.22. The van der Waals surface area contributed by atoms with Crippen LogP contribution in [-0.4, -0.2) is 40.0 Å². The maximum Gasteiger partial charge on any atom is 0.270 e. The van der Waals surface area contributed by atoms with Gasteiger partial charge in [0.25, 0.3) is 11.4 Å². The maximum atomic E-state index is 15.0. The summed E-state index contributed by atoms with van der Waals surface area (Å²) in [5, 5.41) is 20.5. The Morgan fingerprint density at radius 1 is 0.390 bits per heavy atom. The normalized spacial score (nSPS) is 15.6. The van der Waals surface area contributed by atoms with Crippen molar-refractivity contribution in [2.24, 2.45) is 5.92 Å². The van der Waals surface area contributed by atoms with E-state index in [9.17, 15) is 28.9 Å². The minimum atomic E-state index is -1.20. The SMILES string of the molecule is [C-]#[N+]/C(C#N)=C1/C(=C/c2sc3c(OC)c(-c4cc5sc6c(c5s4)C(CCCCCCCCCCCC)(CCCCCCCCCCCC)Oc4c-6sc5c6c(sc45)-c4sc5cc(-c7sc8c(OC)c(CC9C(=O)c%10cc(F)c(F)cc%10/C9=C(\C#N)[N+]#[C-])sc8c7OC)sc5c4C(CCCCCCCCCCCC)(CCCCCCCCCCCC)O6)sc3c2OC)C(=O)c2cc(F)c(F)cc21. The Kier molecular flexibility index (Phi) is 34.4. The molecule has 12 nitrogen and oxygen atoms in total. The highest BCUT2D eigenvalue weighted by Crippen LogP contribution is 2.70. The second-order valence-electron chi connectivity index (χ2n) is 37.2. The molecule has 2 aliphatic heterocycles. The minimum absolute atomic E-state index is 0.00746. The van der Waals surface area contributed by atoms with Crippen LogP contribution < -0.4 is 28.4 Å². The van der Waals surface area contributed by atoms with Crippen molar-refractivity contribution in [1.29, 1.82) is 10.5 Å². The molecule has 0 amide bonds. The molecule has 0 radical (unpaired) electrons. The van der Waals surface area contributed by atoms with E-state index in [0.717, 1.165) is 161 Å². The lowest BCUT2D eigenvalue weighted by atomic mass is 9.81. The van der Waals surface area contributed by atoms with Crippen LogP contribution in [0, 0.1) is 65.0 Å². The van der Waals surface area contributed by atoms with Crippen molar-refractivity contribution in [2.75, 3.05) is 28.4 Å². The molecule has 0 N–H and O–H groups in total. The lowest BCUT2D eigenvalue weighted by Crippen LogP contribution is -2.35. The fraction of sp³-hybridized carbons (Fsp3) is 0.509. The number of carbonyl (C=O) groups is 2. The lowest BCUT2D eigenvalue weighted by Gasteiger charge is -2.39.